The third kappa shape index (κ3) is 3.56. The maximum Gasteiger partial charge on any atom is 0.312 e. The van der Waals surface area contributed by atoms with Crippen molar-refractivity contribution in [3.05, 3.63) is 35.9 Å². The number of halogens is 1. The molecule has 1 unspecified atom stereocenters. The molecule has 0 saturated carbocycles. The predicted octanol–water partition coefficient (Wildman–Crippen LogP) is 3.51. The lowest BCUT2D eigenvalue weighted by molar-refractivity contribution is -0.155. The Labute approximate surface area is 95.2 Å². The van der Waals surface area contributed by atoms with Crippen molar-refractivity contribution in [2.75, 3.05) is 0 Å². The largest absolute Gasteiger partial charge is 0.441 e. The molecule has 0 aromatic heterocycles. The number of alkyl halides is 1. The fraction of sp³-hybridized carbons (Fsp3) is 0.417. The minimum Gasteiger partial charge on any atom is -0.441 e. The first-order valence-corrected chi connectivity index (χ1v) is 5.25. The summed E-state index contributed by atoms with van der Waals surface area (Å²) < 4.78 is 5.13. The Morgan fingerprint density at radius 2 is 1.80 bits per heavy atom. The summed E-state index contributed by atoms with van der Waals surface area (Å²) in [6.45, 7) is 5.39. The molecule has 82 valence electrons. The van der Waals surface area contributed by atoms with Gasteiger partial charge in [-0.1, -0.05) is 41.9 Å². The highest BCUT2D eigenvalue weighted by Gasteiger charge is 2.25. The zero-order valence-electron chi connectivity index (χ0n) is 9.16. The molecule has 0 aliphatic heterocycles. The highest BCUT2D eigenvalue weighted by atomic mass is 35.5. The van der Waals surface area contributed by atoms with Crippen LogP contribution in [0.4, 0.5) is 0 Å². The minimum atomic E-state index is -0.710. The monoisotopic (exact) mass is 226 g/mol. The van der Waals surface area contributed by atoms with E-state index in [1.54, 1.807) is 20.8 Å². The summed E-state index contributed by atoms with van der Waals surface area (Å²) in [6.07, 6.45) is 0. The Hall–Kier alpha value is -1.02. The predicted molar refractivity (Wildman–Crippen MR) is 60.6 cm³/mol. The van der Waals surface area contributed by atoms with Crippen LogP contribution < -0.4 is 0 Å². The van der Waals surface area contributed by atoms with Crippen LogP contribution in [0.1, 0.15) is 31.9 Å². The Balaban J connectivity index is 2.65. The number of carbonyl (C=O) groups excluding carboxylic acids is 1. The molecule has 0 fully saturated rings. The van der Waals surface area contributed by atoms with E-state index < -0.39 is 11.0 Å². The molecule has 0 N–H and O–H groups in total. The summed E-state index contributed by atoms with van der Waals surface area (Å²) in [5.74, 6) is -0.300. The number of hydrogen-bond donors (Lipinski definition) is 0. The fourth-order valence-corrected chi connectivity index (χ4v) is 1.17. The summed E-state index contributed by atoms with van der Waals surface area (Å²) in [7, 11) is 0. The van der Waals surface area contributed by atoms with Gasteiger partial charge in [-0.2, -0.15) is 0 Å². The van der Waals surface area contributed by atoms with Crippen LogP contribution in [0.25, 0.3) is 0 Å². The van der Waals surface area contributed by atoms with Crippen molar-refractivity contribution in [1.82, 2.24) is 0 Å². The summed E-state index contributed by atoms with van der Waals surface area (Å²) in [5, 5.41) is 0. The number of ether oxygens (including phenoxy) is 1. The van der Waals surface area contributed by atoms with Crippen molar-refractivity contribution < 1.29 is 9.53 Å². The van der Waals surface area contributed by atoms with E-state index in [9.17, 15) is 4.79 Å². The third-order valence-electron chi connectivity index (χ3n) is 1.88. The molecule has 0 aliphatic carbocycles. The van der Waals surface area contributed by atoms with Crippen LogP contribution in [0.15, 0.2) is 30.3 Å². The molecule has 0 saturated heterocycles. The summed E-state index contributed by atoms with van der Waals surface area (Å²) in [5.41, 5.74) is -0.447. The van der Waals surface area contributed by atoms with Gasteiger partial charge in [-0.25, -0.2) is 0 Å². The topological polar surface area (TPSA) is 26.3 Å². The zero-order chi connectivity index (χ0) is 11.5. The summed E-state index contributed by atoms with van der Waals surface area (Å²) >= 11 is 5.96. The van der Waals surface area contributed by atoms with Crippen LogP contribution in [-0.4, -0.2) is 5.97 Å². The molecule has 1 rings (SSSR count). The first-order chi connectivity index (χ1) is 6.91. The van der Waals surface area contributed by atoms with Gasteiger partial charge in [-0.05, 0) is 20.8 Å². The van der Waals surface area contributed by atoms with Crippen molar-refractivity contribution in [3.8, 4) is 0 Å². The van der Waals surface area contributed by atoms with Crippen LogP contribution in [-0.2, 0) is 9.53 Å². The van der Waals surface area contributed by atoms with E-state index in [2.05, 4.69) is 0 Å². The molecule has 0 spiro atoms. The maximum atomic E-state index is 11.5. The van der Waals surface area contributed by atoms with Gasteiger partial charge in [0.15, 0.2) is 0 Å². The van der Waals surface area contributed by atoms with E-state index in [-0.39, 0.29) is 5.97 Å². The molecule has 0 heterocycles. The van der Waals surface area contributed by atoms with E-state index in [0.29, 0.717) is 0 Å². The lowest BCUT2D eigenvalue weighted by Crippen LogP contribution is -2.23. The molecule has 1 aromatic carbocycles. The van der Waals surface area contributed by atoms with E-state index >= 15 is 0 Å². The lowest BCUT2D eigenvalue weighted by atomic mass is 9.97. The molecule has 3 heteroatoms. The third-order valence-corrected chi connectivity index (χ3v) is 2.23. The van der Waals surface area contributed by atoms with Gasteiger partial charge in [0, 0.05) is 5.56 Å². The van der Waals surface area contributed by atoms with Crippen molar-refractivity contribution in [1.29, 1.82) is 0 Å². The summed E-state index contributed by atoms with van der Waals surface area (Å²) in [4.78, 5) is 11.5. The Morgan fingerprint density at radius 1 is 1.27 bits per heavy atom. The van der Waals surface area contributed by atoms with Gasteiger partial charge in [0.05, 0.1) is 5.41 Å². The van der Waals surface area contributed by atoms with Crippen molar-refractivity contribution in [2.45, 2.75) is 26.3 Å². The van der Waals surface area contributed by atoms with Crippen LogP contribution in [0.3, 0.4) is 0 Å². The quantitative estimate of drug-likeness (QED) is 0.570. The van der Waals surface area contributed by atoms with Gasteiger partial charge in [0.1, 0.15) is 0 Å². The van der Waals surface area contributed by atoms with E-state index in [1.807, 2.05) is 30.3 Å². The zero-order valence-corrected chi connectivity index (χ0v) is 9.91. The highest BCUT2D eigenvalue weighted by molar-refractivity contribution is 6.20. The Kier molecular flexibility index (Phi) is 3.75. The molecule has 2 nitrogen and oxygen atoms in total. The average molecular weight is 227 g/mol. The lowest BCUT2D eigenvalue weighted by Gasteiger charge is -2.19. The first kappa shape index (κ1) is 12.1. The van der Waals surface area contributed by atoms with Crippen LogP contribution >= 0.6 is 11.6 Å². The molecule has 1 aromatic rings. The first-order valence-electron chi connectivity index (χ1n) is 4.81. The Bertz CT molecular complexity index is 327. The minimum absolute atomic E-state index is 0.300. The van der Waals surface area contributed by atoms with Crippen LogP contribution in [0.5, 0.6) is 0 Å². The van der Waals surface area contributed by atoms with Gasteiger partial charge in [0.25, 0.3) is 0 Å². The van der Waals surface area contributed by atoms with Gasteiger partial charge in [0.2, 0.25) is 5.56 Å². The number of rotatable bonds is 2. The van der Waals surface area contributed by atoms with Crippen molar-refractivity contribution >= 4 is 17.6 Å². The van der Waals surface area contributed by atoms with Crippen molar-refractivity contribution in [2.24, 2.45) is 5.41 Å². The number of benzene rings is 1. The molecule has 0 aliphatic rings. The second-order valence-corrected chi connectivity index (χ2v) is 4.78. The van der Waals surface area contributed by atoms with Gasteiger partial charge in [-0.3, -0.25) is 4.79 Å². The van der Waals surface area contributed by atoms with E-state index in [0.717, 1.165) is 5.56 Å². The molecule has 0 bridgehead atoms. The molecule has 0 radical (unpaired) electrons. The number of hydrogen-bond acceptors (Lipinski definition) is 2. The summed E-state index contributed by atoms with van der Waals surface area (Å²) in [6, 6.07) is 9.26. The fourth-order valence-electron chi connectivity index (χ4n) is 0.943. The molecule has 1 atom stereocenters. The van der Waals surface area contributed by atoms with Crippen LogP contribution in [0, 0.1) is 5.41 Å². The number of carbonyl (C=O) groups is 1. The second kappa shape index (κ2) is 4.67. The SMILES string of the molecule is CC(C)(C)C(=O)OC(Cl)c1ccccc1. The Morgan fingerprint density at radius 3 is 2.27 bits per heavy atom. The van der Waals surface area contributed by atoms with Crippen LogP contribution in [0.2, 0.25) is 0 Å². The van der Waals surface area contributed by atoms with Crippen molar-refractivity contribution in [3.63, 3.8) is 0 Å². The van der Waals surface area contributed by atoms with E-state index in [1.165, 1.54) is 0 Å². The smallest absolute Gasteiger partial charge is 0.312 e. The molecular formula is C12H15ClO2. The standard InChI is InChI=1S/C12H15ClO2/c1-12(2,3)11(14)15-10(13)9-7-5-4-6-8-9/h4-8,10H,1-3H3. The van der Waals surface area contributed by atoms with Gasteiger partial charge >= 0.3 is 5.97 Å². The molecular weight excluding hydrogens is 212 g/mol. The van der Waals surface area contributed by atoms with Gasteiger partial charge < -0.3 is 4.74 Å². The van der Waals surface area contributed by atoms with Gasteiger partial charge in [-0.15, -0.1) is 0 Å². The second-order valence-electron chi connectivity index (χ2n) is 4.38. The normalized spacial score (nSPS) is 13.3. The maximum absolute atomic E-state index is 11.5. The highest BCUT2D eigenvalue weighted by Crippen LogP contribution is 2.26. The van der Waals surface area contributed by atoms with E-state index in [4.69, 9.17) is 16.3 Å². The number of esters is 1. The molecule has 0 amide bonds. The molecule has 15 heavy (non-hydrogen) atoms. The average Bonchev–Trinajstić information content (AvgIpc) is 2.17.